The molecule has 6 nitrogen and oxygen atoms in total. The predicted octanol–water partition coefficient (Wildman–Crippen LogP) is 2.48. The number of nitro benzene ring substituents is 1. The van der Waals surface area contributed by atoms with Crippen molar-refractivity contribution in [3.63, 3.8) is 0 Å². The Balaban J connectivity index is 2.96. The second-order valence-electron chi connectivity index (χ2n) is 3.43. The number of nitro groups is 1. The van der Waals surface area contributed by atoms with Crippen LogP contribution in [0.15, 0.2) is 25.8 Å². The first-order chi connectivity index (χ1) is 7.91. The zero-order chi connectivity index (χ0) is 12.7. The highest BCUT2D eigenvalue weighted by molar-refractivity contribution is 9.10. The minimum atomic E-state index is -0.694. The van der Waals surface area contributed by atoms with Gasteiger partial charge >= 0.3 is 11.3 Å². The Kier molecular flexibility index (Phi) is 2.62. The SMILES string of the molecule is Cc1c(O)c([N+](=O)[O-])cc2cc(Br)c(=O)oc12. The lowest BCUT2D eigenvalue weighted by atomic mass is 10.1. The van der Waals surface area contributed by atoms with E-state index in [0.29, 0.717) is 5.39 Å². The summed E-state index contributed by atoms with van der Waals surface area (Å²) in [5.41, 5.74) is -0.718. The number of phenolic OH excluding ortho intramolecular Hbond substituents is 1. The van der Waals surface area contributed by atoms with E-state index in [0.717, 1.165) is 6.07 Å². The van der Waals surface area contributed by atoms with E-state index in [9.17, 15) is 20.0 Å². The lowest BCUT2D eigenvalue weighted by Gasteiger charge is -2.04. The van der Waals surface area contributed by atoms with Crippen LogP contribution in [0.4, 0.5) is 5.69 Å². The summed E-state index contributed by atoms with van der Waals surface area (Å²) in [6.07, 6.45) is 0. The van der Waals surface area contributed by atoms with Crippen LogP contribution in [0.2, 0.25) is 0 Å². The summed E-state index contributed by atoms with van der Waals surface area (Å²) < 4.78 is 5.12. The number of nitrogens with zero attached hydrogens (tertiary/aromatic N) is 1. The van der Waals surface area contributed by atoms with Crippen LogP contribution in [0.1, 0.15) is 5.56 Å². The Hall–Kier alpha value is -1.89. The van der Waals surface area contributed by atoms with Crippen LogP contribution in [-0.2, 0) is 0 Å². The number of rotatable bonds is 1. The Labute approximate surface area is 103 Å². The first-order valence-electron chi connectivity index (χ1n) is 4.52. The van der Waals surface area contributed by atoms with Crippen molar-refractivity contribution in [2.75, 3.05) is 0 Å². The number of halogens is 1. The fraction of sp³-hybridized carbons (Fsp3) is 0.100. The van der Waals surface area contributed by atoms with Gasteiger partial charge in [0.15, 0.2) is 0 Å². The fourth-order valence-electron chi connectivity index (χ4n) is 1.52. The van der Waals surface area contributed by atoms with E-state index in [2.05, 4.69) is 15.9 Å². The summed E-state index contributed by atoms with van der Waals surface area (Å²) in [6.45, 7) is 1.45. The predicted molar refractivity (Wildman–Crippen MR) is 63.2 cm³/mol. The molecule has 88 valence electrons. The first-order valence-corrected chi connectivity index (χ1v) is 5.31. The van der Waals surface area contributed by atoms with Gasteiger partial charge in [-0.05, 0) is 28.9 Å². The molecule has 17 heavy (non-hydrogen) atoms. The molecule has 0 spiro atoms. The molecule has 7 heteroatoms. The molecule has 0 saturated carbocycles. The van der Waals surface area contributed by atoms with Gasteiger partial charge in [-0.2, -0.15) is 0 Å². The normalized spacial score (nSPS) is 10.7. The third-order valence-electron chi connectivity index (χ3n) is 2.36. The third kappa shape index (κ3) is 1.78. The summed E-state index contributed by atoms with van der Waals surface area (Å²) in [6, 6.07) is 2.58. The molecule has 1 N–H and O–H groups in total. The maximum atomic E-state index is 11.3. The Morgan fingerprint density at radius 3 is 2.71 bits per heavy atom. The summed E-state index contributed by atoms with van der Waals surface area (Å²) in [5.74, 6) is -0.493. The second-order valence-corrected chi connectivity index (χ2v) is 4.28. The summed E-state index contributed by atoms with van der Waals surface area (Å²) in [7, 11) is 0. The van der Waals surface area contributed by atoms with Crippen molar-refractivity contribution in [3.05, 3.63) is 42.7 Å². The quantitative estimate of drug-likeness (QED) is 0.496. The minimum Gasteiger partial charge on any atom is -0.502 e. The van der Waals surface area contributed by atoms with Crippen LogP contribution < -0.4 is 5.63 Å². The molecule has 1 aromatic carbocycles. The molecule has 2 rings (SSSR count). The highest BCUT2D eigenvalue weighted by Gasteiger charge is 2.20. The minimum absolute atomic E-state index is 0.140. The van der Waals surface area contributed by atoms with Crippen LogP contribution in [-0.4, -0.2) is 10.0 Å². The molecule has 0 bridgehead atoms. The molecular formula is C10H6BrNO5. The topological polar surface area (TPSA) is 93.6 Å². The van der Waals surface area contributed by atoms with Gasteiger partial charge in [0.2, 0.25) is 5.75 Å². The largest absolute Gasteiger partial charge is 0.502 e. The van der Waals surface area contributed by atoms with Crippen LogP contribution in [0.5, 0.6) is 5.75 Å². The maximum Gasteiger partial charge on any atom is 0.350 e. The molecule has 0 atom stereocenters. The van der Waals surface area contributed by atoms with E-state index in [4.69, 9.17) is 4.42 Å². The molecule has 0 saturated heterocycles. The van der Waals surface area contributed by atoms with Gasteiger partial charge in [0.1, 0.15) is 10.1 Å². The van der Waals surface area contributed by atoms with Crippen molar-refractivity contribution in [2.45, 2.75) is 6.92 Å². The average Bonchev–Trinajstić information content (AvgIpc) is 2.26. The van der Waals surface area contributed by atoms with Gasteiger partial charge in [-0.15, -0.1) is 0 Å². The number of phenols is 1. The van der Waals surface area contributed by atoms with E-state index in [1.54, 1.807) is 0 Å². The van der Waals surface area contributed by atoms with Crippen molar-refractivity contribution < 1.29 is 14.4 Å². The summed E-state index contributed by atoms with van der Waals surface area (Å²) >= 11 is 2.98. The van der Waals surface area contributed by atoms with Crippen molar-refractivity contribution in [1.29, 1.82) is 0 Å². The zero-order valence-electron chi connectivity index (χ0n) is 8.56. The van der Waals surface area contributed by atoms with Gasteiger partial charge in [0.25, 0.3) is 0 Å². The van der Waals surface area contributed by atoms with Gasteiger partial charge in [-0.25, -0.2) is 4.79 Å². The molecule has 0 aliphatic carbocycles. The molecule has 0 fully saturated rings. The lowest BCUT2D eigenvalue weighted by molar-refractivity contribution is -0.385. The maximum absolute atomic E-state index is 11.3. The molecule has 1 heterocycles. The van der Waals surface area contributed by atoms with E-state index >= 15 is 0 Å². The van der Waals surface area contributed by atoms with E-state index in [1.807, 2.05) is 0 Å². The summed E-state index contributed by atoms with van der Waals surface area (Å²) in [4.78, 5) is 21.3. The molecule has 0 radical (unpaired) electrons. The molecular weight excluding hydrogens is 294 g/mol. The number of aryl methyl sites for hydroxylation is 1. The van der Waals surface area contributed by atoms with E-state index in [-0.39, 0.29) is 15.6 Å². The third-order valence-corrected chi connectivity index (χ3v) is 2.91. The van der Waals surface area contributed by atoms with Gasteiger partial charge in [-0.3, -0.25) is 10.1 Å². The Morgan fingerprint density at radius 2 is 2.12 bits per heavy atom. The number of fused-ring (bicyclic) bond motifs is 1. The van der Waals surface area contributed by atoms with Gasteiger partial charge in [0.05, 0.1) is 4.92 Å². The van der Waals surface area contributed by atoms with Gasteiger partial charge in [-0.1, -0.05) is 0 Å². The molecule has 0 unspecified atom stereocenters. The molecule has 1 aromatic heterocycles. The number of benzene rings is 1. The van der Waals surface area contributed by atoms with E-state index < -0.39 is 22.0 Å². The van der Waals surface area contributed by atoms with Crippen molar-refractivity contribution >= 4 is 32.6 Å². The van der Waals surface area contributed by atoms with Crippen LogP contribution >= 0.6 is 15.9 Å². The van der Waals surface area contributed by atoms with Crippen LogP contribution in [0, 0.1) is 17.0 Å². The van der Waals surface area contributed by atoms with Gasteiger partial charge in [0, 0.05) is 17.0 Å². The van der Waals surface area contributed by atoms with Gasteiger partial charge < -0.3 is 9.52 Å². The highest BCUT2D eigenvalue weighted by atomic mass is 79.9. The highest BCUT2D eigenvalue weighted by Crippen LogP contribution is 2.35. The number of aromatic hydroxyl groups is 1. The van der Waals surface area contributed by atoms with Crippen LogP contribution in [0.25, 0.3) is 11.0 Å². The lowest BCUT2D eigenvalue weighted by Crippen LogP contribution is -2.00. The Bertz CT molecular complexity index is 691. The van der Waals surface area contributed by atoms with Crippen molar-refractivity contribution in [3.8, 4) is 5.75 Å². The monoisotopic (exact) mass is 299 g/mol. The number of hydrogen-bond acceptors (Lipinski definition) is 5. The Morgan fingerprint density at radius 1 is 1.47 bits per heavy atom. The van der Waals surface area contributed by atoms with Crippen molar-refractivity contribution in [2.24, 2.45) is 0 Å². The molecule has 0 aliphatic heterocycles. The first kappa shape index (κ1) is 11.6. The van der Waals surface area contributed by atoms with Crippen LogP contribution in [0.3, 0.4) is 0 Å². The second kappa shape index (κ2) is 3.85. The zero-order valence-corrected chi connectivity index (χ0v) is 10.1. The number of hydrogen-bond donors (Lipinski definition) is 1. The molecule has 0 amide bonds. The molecule has 0 aliphatic rings. The smallest absolute Gasteiger partial charge is 0.350 e. The molecule has 2 aromatic rings. The standard InChI is InChI=1S/C10H6BrNO5/c1-4-8(13)7(12(15)16)3-5-2-6(11)10(14)17-9(4)5/h2-3,13H,1H3. The van der Waals surface area contributed by atoms with E-state index in [1.165, 1.54) is 13.0 Å². The summed E-state index contributed by atoms with van der Waals surface area (Å²) in [5, 5.41) is 20.7. The average molecular weight is 300 g/mol. The fourth-order valence-corrected chi connectivity index (χ4v) is 1.84. The van der Waals surface area contributed by atoms with Crippen molar-refractivity contribution in [1.82, 2.24) is 0 Å².